The van der Waals surface area contributed by atoms with Crippen LogP contribution in [0.5, 0.6) is 5.75 Å². The Bertz CT molecular complexity index is 571. The monoisotopic (exact) mass is 293 g/mol. The summed E-state index contributed by atoms with van der Waals surface area (Å²) >= 11 is 5.79. The molecule has 2 nitrogen and oxygen atoms in total. The molecule has 0 fully saturated rings. The fraction of sp³-hybridized carbons (Fsp3) is 0.250. The van der Waals surface area contributed by atoms with Crippen molar-refractivity contribution >= 4 is 17.3 Å². The van der Waals surface area contributed by atoms with E-state index in [1.807, 2.05) is 31.2 Å². The first-order valence-electron chi connectivity index (χ1n) is 6.50. The van der Waals surface area contributed by atoms with Gasteiger partial charge in [-0.25, -0.2) is 4.39 Å². The smallest absolute Gasteiger partial charge is 0.164 e. The number of benzene rings is 2. The largest absolute Gasteiger partial charge is 0.497 e. The van der Waals surface area contributed by atoms with Crippen molar-refractivity contribution in [2.45, 2.75) is 19.4 Å². The van der Waals surface area contributed by atoms with Gasteiger partial charge in [-0.15, -0.1) is 0 Å². The molecule has 106 valence electrons. The van der Waals surface area contributed by atoms with E-state index >= 15 is 0 Å². The number of methoxy groups -OCH3 is 1. The highest BCUT2D eigenvalue weighted by Gasteiger charge is 2.13. The maximum atomic E-state index is 13.9. The lowest BCUT2D eigenvalue weighted by atomic mass is 10.0. The van der Waals surface area contributed by atoms with E-state index in [1.54, 1.807) is 19.2 Å². The number of ether oxygens (including phenoxy) is 1. The molecule has 2 aromatic carbocycles. The molecular weight excluding hydrogens is 277 g/mol. The SMILES string of the molecule is CCC(Nc1cccc(Cl)c1F)c1ccc(OC)cc1. The highest BCUT2D eigenvalue weighted by Crippen LogP contribution is 2.28. The molecular formula is C16H17ClFNO. The van der Waals surface area contributed by atoms with Gasteiger partial charge in [-0.05, 0) is 36.2 Å². The van der Waals surface area contributed by atoms with Gasteiger partial charge in [0.25, 0.3) is 0 Å². The van der Waals surface area contributed by atoms with Crippen molar-refractivity contribution in [3.63, 3.8) is 0 Å². The summed E-state index contributed by atoms with van der Waals surface area (Å²) < 4.78 is 19.1. The van der Waals surface area contributed by atoms with Crippen molar-refractivity contribution in [1.82, 2.24) is 0 Å². The third kappa shape index (κ3) is 3.23. The predicted molar refractivity (Wildman–Crippen MR) is 81.1 cm³/mol. The summed E-state index contributed by atoms with van der Waals surface area (Å²) in [5.41, 5.74) is 1.49. The van der Waals surface area contributed by atoms with E-state index < -0.39 is 5.82 Å². The second-order valence-electron chi connectivity index (χ2n) is 4.48. The number of anilines is 1. The molecule has 20 heavy (non-hydrogen) atoms. The van der Waals surface area contributed by atoms with E-state index in [0.29, 0.717) is 5.69 Å². The van der Waals surface area contributed by atoms with Gasteiger partial charge in [-0.1, -0.05) is 36.7 Å². The van der Waals surface area contributed by atoms with Gasteiger partial charge in [-0.2, -0.15) is 0 Å². The zero-order valence-electron chi connectivity index (χ0n) is 11.5. The molecule has 0 bridgehead atoms. The fourth-order valence-electron chi connectivity index (χ4n) is 2.06. The molecule has 0 radical (unpaired) electrons. The van der Waals surface area contributed by atoms with Gasteiger partial charge >= 0.3 is 0 Å². The highest BCUT2D eigenvalue weighted by atomic mass is 35.5. The summed E-state index contributed by atoms with van der Waals surface area (Å²) in [4.78, 5) is 0. The van der Waals surface area contributed by atoms with Crippen LogP contribution in [-0.2, 0) is 0 Å². The molecule has 0 amide bonds. The van der Waals surface area contributed by atoms with Gasteiger partial charge in [0.2, 0.25) is 0 Å². The first-order valence-corrected chi connectivity index (χ1v) is 6.88. The number of hydrogen-bond acceptors (Lipinski definition) is 2. The normalized spacial score (nSPS) is 12.0. The van der Waals surface area contributed by atoms with Gasteiger partial charge < -0.3 is 10.1 Å². The van der Waals surface area contributed by atoms with E-state index in [2.05, 4.69) is 5.32 Å². The van der Waals surface area contributed by atoms with Crippen LogP contribution in [-0.4, -0.2) is 7.11 Å². The Balaban J connectivity index is 2.21. The summed E-state index contributed by atoms with van der Waals surface area (Å²) in [6.45, 7) is 2.05. The first kappa shape index (κ1) is 14.7. The van der Waals surface area contributed by atoms with Crippen molar-refractivity contribution in [1.29, 1.82) is 0 Å². The third-order valence-corrected chi connectivity index (χ3v) is 3.50. The summed E-state index contributed by atoms with van der Waals surface area (Å²) in [5.74, 6) is 0.388. The van der Waals surface area contributed by atoms with Crippen LogP contribution in [0.2, 0.25) is 5.02 Å². The minimum absolute atomic E-state index is 0.0221. The van der Waals surface area contributed by atoms with E-state index in [-0.39, 0.29) is 11.1 Å². The molecule has 0 saturated heterocycles. The average Bonchev–Trinajstić information content (AvgIpc) is 2.49. The van der Waals surface area contributed by atoms with Gasteiger partial charge in [-0.3, -0.25) is 0 Å². The topological polar surface area (TPSA) is 21.3 Å². The average molecular weight is 294 g/mol. The number of rotatable bonds is 5. The minimum atomic E-state index is -0.416. The maximum Gasteiger partial charge on any atom is 0.164 e. The van der Waals surface area contributed by atoms with Crippen LogP contribution < -0.4 is 10.1 Å². The third-order valence-electron chi connectivity index (χ3n) is 3.21. The molecule has 1 atom stereocenters. The van der Waals surface area contributed by atoms with Crippen molar-refractivity contribution in [2.75, 3.05) is 12.4 Å². The number of nitrogens with one attached hydrogen (secondary N) is 1. The van der Waals surface area contributed by atoms with Gasteiger partial charge in [0, 0.05) is 0 Å². The van der Waals surface area contributed by atoms with Crippen molar-refractivity contribution in [3.8, 4) is 5.75 Å². The van der Waals surface area contributed by atoms with E-state index in [1.165, 1.54) is 6.07 Å². The molecule has 0 saturated carbocycles. The summed E-state index contributed by atoms with van der Waals surface area (Å²) in [6, 6.07) is 12.7. The van der Waals surface area contributed by atoms with Gasteiger partial charge in [0.05, 0.1) is 23.9 Å². The molecule has 0 aliphatic carbocycles. The van der Waals surface area contributed by atoms with Crippen molar-refractivity contribution < 1.29 is 9.13 Å². The zero-order valence-corrected chi connectivity index (χ0v) is 12.2. The van der Waals surface area contributed by atoms with Crippen LogP contribution in [0.1, 0.15) is 24.9 Å². The minimum Gasteiger partial charge on any atom is -0.497 e. The number of hydrogen-bond donors (Lipinski definition) is 1. The van der Waals surface area contributed by atoms with Crippen LogP contribution in [0, 0.1) is 5.82 Å². The van der Waals surface area contributed by atoms with E-state index in [0.717, 1.165) is 17.7 Å². The summed E-state index contributed by atoms with van der Waals surface area (Å²) in [5, 5.41) is 3.32. The lowest BCUT2D eigenvalue weighted by molar-refractivity contribution is 0.414. The number of halogens is 2. The highest BCUT2D eigenvalue weighted by molar-refractivity contribution is 6.31. The maximum absolute atomic E-state index is 13.9. The lowest BCUT2D eigenvalue weighted by Crippen LogP contribution is -2.10. The van der Waals surface area contributed by atoms with Crippen molar-refractivity contribution in [2.24, 2.45) is 0 Å². The summed E-state index contributed by atoms with van der Waals surface area (Å²) in [7, 11) is 1.63. The molecule has 0 spiro atoms. The molecule has 0 aromatic heterocycles. The Morgan fingerprint density at radius 1 is 1.20 bits per heavy atom. The summed E-state index contributed by atoms with van der Waals surface area (Å²) in [6.07, 6.45) is 0.832. The molecule has 0 aliphatic heterocycles. The Hall–Kier alpha value is -1.74. The van der Waals surface area contributed by atoms with Crippen LogP contribution in [0.25, 0.3) is 0 Å². The van der Waals surface area contributed by atoms with Gasteiger partial charge in [0.15, 0.2) is 5.82 Å². The Labute approximate surface area is 123 Å². The Morgan fingerprint density at radius 3 is 2.50 bits per heavy atom. The second-order valence-corrected chi connectivity index (χ2v) is 4.89. The molecule has 4 heteroatoms. The zero-order chi connectivity index (χ0) is 14.5. The second kappa shape index (κ2) is 6.62. The predicted octanol–water partition coefficient (Wildman–Crippen LogP) is 5.05. The first-order chi connectivity index (χ1) is 9.65. The van der Waals surface area contributed by atoms with E-state index in [4.69, 9.17) is 16.3 Å². The van der Waals surface area contributed by atoms with Crippen LogP contribution >= 0.6 is 11.6 Å². The lowest BCUT2D eigenvalue weighted by Gasteiger charge is -2.19. The molecule has 2 aromatic rings. The van der Waals surface area contributed by atoms with Crippen LogP contribution in [0.3, 0.4) is 0 Å². The fourth-order valence-corrected chi connectivity index (χ4v) is 2.23. The van der Waals surface area contributed by atoms with Crippen molar-refractivity contribution in [3.05, 3.63) is 58.9 Å². The quantitative estimate of drug-likeness (QED) is 0.833. The Kier molecular flexibility index (Phi) is 4.85. The van der Waals surface area contributed by atoms with Gasteiger partial charge in [0.1, 0.15) is 5.75 Å². The van der Waals surface area contributed by atoms with Crippen LogP contribution in [0.4, 0.5) is 10.1 Å². The molecule has 1 unspecified atom stereocenters. The van der Waals surface area contributed by atoms with E-state index in [9.17, 15) is 4.39 Å². The van der Waals surface area contributed by atoms with Crippen LogP contribution in [0.15, 0.2) is 42.5 Å². The molecule has 0 aliphatic rings. The Morgan fingerprint density at radius 2 is 1.90 bits per heavy atom. The molecule has 2 rings (SSSR count). The molecule has 0 heterocycles. The standard InChI is InChI=1S/C16H17ClFNO/c1-3-14(11-7-9-12(20-2)10-8-11)19-15-6-4-5-13(17)16(15)18/h4-10,14,19H,3H2,1-2H3. The molecule has 1 N–H and O–H groups in total.